The van der Waals surface area contributed by atoms with E-state index in [1.165, 1.54) is 11.3 Å². The number of nitrogens with zero attached hydrogens (tertiary/aromatic N) is 2. The molecule has 0 bridgehead atoms. The molecule has 0 fully saturated rings. The number of benzene rings is 1. The van der Waals surface area contributed by atoms with Crippen LogP contribution in [-0.4, -0.2) is 38.6 Å². The highest BCUT2D eigenvalue weighted by molar-refractivity contribution is 9.10. The molecule has 2 heterocycles. The molecule has 1 aromatic carbocycles. The maximum atomic E-state index is 12.0. The number of hydrogen-bond acceptors (Lipinski definition) is 6. The Morgan fingerprint density at radius 2 is 1.92 bits per heavy atom. The van der Waals surface area contributed by atoms with Gasteiger partial charge in [-0.3, -0.25) is 9.59 Å². The average Bonchev–Trinajstić information content (AvgIpc) is 3.03. The summed E-state index contributed by atoms with van der Waals surface area (Å²) in [6.45, 7) is -0.568. The van der Waals surface area contributed by atoms with Gasteiger partial charge in [0.1, 0.15) is 21.7 Å². The van der Waals surface area contributed by atoms with Crippen molar-refractivity contribution in [1.29, 1.82) is 0 Å². The number of carbonyl (C=O) groups excluding carboxylic acids is 1. The summed E-state index contributed by atoms with van der Waals surface area (Å²) in [6.07, 6.45) is 0. The van der Waals surface area contributed by atoms with Crippen LogP contribution < -0.4 is 5.32 Å². The van der Waals surface area contributed by atoms with E-state index in [2.05, 4.69) is 31.2 Å². The molecule has 2 aromatic heterocycles. The number of carboxylic acids is 1. The van der Waals surface area contributed by atoms with Crippen molar-refractivity contribution in [1.82, 2.24) is 15.3 Å². The summed E-state index contributed by atoms with van der Waals surface area (Å²) < 4.78 is 0.955. The molecule has 0 aliphatic heterocycles. The number of carbonyl (C=O) groups is 2. The van der Waals surface area contributed by atoms with Crippen molar-refractivity contribution in [2.45, 2.75) is 0 Å². The van der Waals surface area contributed by atoms with E-state index in [0.717, 1.165) is 5.56 Å². The topological polar surface area (TPSA) is 112 Å². The molecule has 9 heteroatoms. The third kappa shape index (κ3) is 3.08. The second kappa shape index (κ2) is 6.54. The number of aromatic nitrogens is 2. The quantitative estimate of drug-likeness (QED) is 0.573. The lowest BCUT2D eigenvalue weighted by molar-refractivity contribution is -0.135. The average molecular weight is 408 g/mol. The second-order valence-corrected chi connectivity index (χ2v) is 6.49. The molecular weight excluding hydrogens is 398 g/mol. The van der Waals surface area contributed by atoms with Crippen LogP contribution in [0.25, 0.3) is 20.8 Å². The molecule has 24 heavy (non-hydrogen) atoms. The monoisotopic (exact) mass is 407 g/mol. The van der Waals surface area contributed by atoms with Crippen LogP contribution in [0.2, 0.25) is 0 Å². The molecule has 0 atom stereocenters. The number of pyridine rings is 1. The molecule has 122 valence electrons. The molecule has 0 saturated heterocycles. The fourth-order valence-corrected chi connectivity index (χ4v) is 3.60. The minimum absolute atomic E-state index is 0.237. The van der Waals surface area contributed by atoms with E-state index in [1.54, 1.807) is 0 Å². The van der Waals surface area contributed by atoms with Crippen LogP contribution in [0, 0.1) is 0 Å². The van der Waals surface area contributed by atoms with Gasteiger partial charge in [0, 0.05) is 5.56 Å². The molecule has 3 N–H and O–H groups in total. The van der Waals surface area contributed by atoms with Gasteiger partial charge >= 0.3 is 5.97 Å². The molecule has 0 aliphatic carbocycles. The molecule has 1 amide bonds. The zero-order valence-corrected chi connectivity index (χ0v) is 14.4. The summed E-state index contributed by atoms with van der Waals surface area (Å²) in [4.78, 5) is 30.9. The van der Waals surface area contributed by atoms with Gasteiger partial charge in [-0.05, 0) is 15.9 Å². The van der Waals surface area contributed by atoms with Gasteiger partial charge in [-0.2, -0.15) is 0 Å². The first-order chi connectivity index (χ1) is 11.5. The van der Waals surface area contributed by atoms with Crippen LogP contribution in [0.5, 0.6) is 5.75 Å². The first-order valence-electron chi connectivity index (χ1n) is 6.71. The molecule has 0 radical (unpaired) electrons. The minimum atomic E-state index is -1.19. The Hall–Kier alpha value is -2.52. The highest BCUT2D eigenvalue weighted by Crippen LogP contribution is 2.39. The van der Waals surface area contributed by atoms with E-state index >= 15 is 0 Å². The van der Waals surface area contributed by atoms with Gasteiger partial charge < -0.3 is 15.5 Å². The zero-order chi connectivity index (χ0) is 17.3. The fraction of sp³-hybridized carbons (Fsp3) is 0.0667. The van der Waals surface area contributed by atoms with E-state index in [0.29, 0.717) is 14.3 Å². The van der Waals surface area contributed by atoms with Gasteiger partial charge in [-0.25, -0.2) is 9.97 Å². The van der Waals surface area contributed by atoms with Crippen molar-refractivity contribution < 1.29 is 19.8 Å². The maximum Gasteiger partial charge on any atom is 0.322 e. The van der Waals surface area contributed by atoms with Crippen LogP contribution >= 0.6 is 27.3 Å². The lowest BCUT2D eigenvalue weighted by atomic mass is 10.2. The number of aliphatic carboxylic acids is 1. The number of halogens is 1. The molecule has 3 aromatic rings. The van der Waals surface area contributed by atoms with Crippen molar-refractivity contribution >= 4 is 49.4 Å². The van der Waals surface area contributed by atoms with Crippen LogP contribution in [0.15, 0.2) is 34.9 Å². The Bertz CT molecular complexity index is 943. The molecular formula is C15H10BrN3O4S. The van der Waals surface area contributed by atoms with E-state index in [4.69, 9.17) is 5.11 Å². The number of rotatable bonds is 4. The molecule has 3 rings (SSSR count). The van der Waals surface area contributed by atoms with Crippen molar-refractivity contribution in [3.8, 4) is 16.3 Å². The van der Waals surface area contributed by atoms with E-state index < -0.39 is 18.4 Å². The summed E-state index contributed by atoms with van der Waals surface area (Å²) in [6, 6.07) is 9.41. The first kappa shape index (κ1) is 16.3. The van der Waals surface area contributed by atoms with E-state index in [-0.39, 0.29) is 17.0 Å². The number of aromatic hydroxyl groups is 1. The Kier molecular flexibility index (Phi) is 4.45. The highest BCUT2D eigenvalue weighted by atomic mass is 79.9. The number of carboxylic acid groups (broad SMARTS) is 1. The normalized spacial score (nSPS) is 10.7. The van der Waals surface area contributed by atoms with Crippen LogP contribution in [-0.2, 0) is 4.79 Å². The summed E-state index contributed by atoms with van der Waals surface area (Å²) >= 11 is 4.59. The minimum Gasteiger partial charge on any atom is -0.504 e. The van der Waals surface area contributed by atoms with E-state index in [9.17, 15) is 14.7 Å². The number of amides is 1. The lowest BCUT2D eigenvalue weighted by Crippen LogP contribution is -2.30. The first-order valence-corrected chi connectivity index (χ1v) is 8.32. The summed E-state index contributed by atoms with van der Waals surface area (Å²) in [5.41, 5.74) is 0.837. The molecule has 0 aliphatic rings. The van der Waals surface area contributed by atoms with Crippen LogP contribution in [0.1, 0.15) is 10.5 Å². The second-order valence-electron chi connectivity index (χ2n) is 4.74. The van der Waals surface area contributed by atoms with Gasteiger partial charge in [0.25, 0.3) is 5.91 Å². The lowest BCUT2D eigenvalue weighted by Gasteiger charge is -2.05. The number of thiazole rings is 1. The smallest absolute Gasteiger partial charge is 0.322 e. The molecule has 7 nitrogen and oxygen atoms in total. The van der Waals surface area contributed by atoms with Crippen molar-refractivity contribution in [3.05, 3.63) is 40.6 Å². The van der Waals surface area contributed by atoms with Crippen LogP contribution in [0.4, 0.5) is 0 Å². The molecule has 0 unspecified atom stereocenters. The van der Waals surface area contributed by atoms with Crippen molar-refractivity contribution in [3.63, 3.8) is 0 Å². The Balaban J connectivity index is 2.07. The largest absolute Gasteiger partial charge is 0.504 e. The summed E-state index contributed by atoms with van der Waals surface area (Å²) in [5.74, 6) is -2.36. The Labute approximate surface area is 148 Å². The number of fused-ring (bicyclic) bond motifs is 1. The fourth-order valence-electron chi connectivity index (χ4n) is 2.04. The number of nitrogens with one attached hydrogen (secondary N) is 1. The molecule has 0 saturated carbocycles. The number of hydrogen-bond donors (Lipinski definition) is 3. The van der Waals surface area contributed by atoms with Crippen molar-refractivity contribution in [2.75, 3.05) is 6.54 Å². The maximum absolute atomic E-state index is 12.0. The SMILES string of the molecule is O=C(O)CNC(=O)c1nc(Br)c2sc(-c3ccccc3)nc2c1O. The predicted octanol–water partition coefficient (Wildman–Crippen LogP) is 2.64. The van der Waals surface area contributed by atoms with Gasteiger partial charge in [0.05, 0.1) is 4.70 Å². The third-order valence-electron chi connectivity index (χ3n) is 3.11. The predicted molar refractivity (Wildman–Crippen MR) is 92.2 cm³/mol. The van der Waals surface area contributed by atoms with E-state index in [1.807, 2.05) is 30.3 Å². The zero-order valence-electron chi connectivity index (χ0n) is 12.0. The highest BCUT2D eigenvalue weighted by Gasteiger charge is 2.22. The Morgan fingerprint density at radius 3 is 2.58 bits per heavy atom. The van der Waals surface area contributed by atoms with Gasteiger partial charge in [0.2, 0.25) is 0 Å². The van der Waals surface area contributed by atoms with Crippen molar-refractivity contribution in [2.24, 2.45) is 0 Å². The van der Waals surface area contributed by atoms with Gasteiger partial charge in [0.15, 0.2) is 11.4 Å². The standard InChI is InChI=1S/C15H10BrN3O4S/c16-13-12-9(19-15(24-12)7-4-2-1-3-5-7)11(22)10(18-13)14(23)17-6-8(20)21/h1-5,22H,6H2,(H,17,23)(H,20,21). The van der Waals surface area contributed by atoms with Gasteiger partial charge in [-0.1, -0.05) is 30.3 Å². The summed E-state index contributed by atoms with van der Waals surface area (Å²) in [7, 11) is 0. The molecule has 0 spiro atoms. The van der Waals surface area contributed by atoms with Crippen LogP contribution in [0.3, 0.4) is 0 Å². The Morgan fingerprint density at radius 1 is 1.21 bits per heavy atom. The third-order valence-corrected chi connectivity index (χ3v) is 5.06. The summed E-state index contributed by atoms with van der Waals surface area (Å²) in [5, 5.41) is 21.8. The van der Waals surface area contributed by atoms with Gasteiger partial charge in [-0.15, -0.1) is 11.3 Å².